The second-order valence-electron chi connectivity index (χ2n) is 9.24. The Morgan fingerprint density at radius 2 is 1.22 bits per heavy atom. The molecular formula is C34H23N3. The molecule has 0 unspecified atom stereocenters. The Bertz CT molecular complexity index is 1880. The van der Waals surface area contributed by atoms with E-state index in [0.29, 0.717) is 17.5 Å². The predicted molar refractivity (Wildman–Crippen MR) is 153 cm³/mol. The fourth-order valence-corrected chi connectivity index (χ4v) is 5.07. The van der Waals surface area contributed by atoms with E-state index < -0.39 is 0 Å². The Morgan fingerprint density at radius 1 is 0.514 bits per heavy atom. The molecule has 0 bridgehead atoms. The van der Waals surface area contributed by atoms with Gasteiger partial charge in [0.25, 0.3) is 0 Å². The van der Waals surface area contributed by atoms with Crippen molar-refractivity contribution in [3.8, 4) is 34.2 Å². The zero-order chi connectivity index (χ0) is 24.6. The monoisotopic (exact) mass is 473 g/mol. The molecule has 0 saturated carbocycles. The molecule has 37 heavy (non-hydrogen) atoms. The molecule has 0 atom stereocenters. The number of nitrogens with zero attached hydrogens (tertiary/aromatic N) is 3. The van der Waals surface area contributed by atoms with E-state index in [4.69, 9.17) is 15.0 Å². The van der Waals surface area contributed by atoms with Crippen molar-refractivity contribution in [3.05, 3.63) is 126 Å². The number of hydrogen-bond donors (Lipinski definition) is 0. The van der Waals surface area contributed by atoms with Gasteiger partial charge in [0.2, 0.25) is 0 Å². The van der Waals surface area contributed by atoms with Gasteiger partial charge >= 0.3 is 0 Å². The summed E-state index contributed by atoms with van der Waals surface area (Å²) >= 11 is 0. The third-order valence-corrected chi connectivity index (χ3v) is 6.91. The highest BCUT2D eigenvalue weighted by atomic mass is 15.0. The quantitative estimate of drug-likeness (QED) is 0.269. The summed E-state index contributed by atoms with van der Waals surface area (Å²) in [6.07, 6.45) is 9.78. The topological polar surface area (TPSA) is 38.7 Å². The number of allylic oxidation sites excluding steroid dienone is 2. The average Bonchev–Trinajstić information content (AvgIpc) is 3.21. The SMILES string of the molecule is C1=CCC=c2cc3ccc4c(-c5nc(-c6ccccc6)nc(-c6ccccc6)n5)cccc4c3cc2=C1. The van der Waals surface area contributed by atoms with Gasteiger partial charge in [0, 0.05) is 16.7 Å². The first kappa shape index (κ1) is 21.4. The average molecular weight is 474 g/mol. The van der Waals surface area contributed by atoms with Crippen molar-refractivity contribution in [2.24, 2.45) is 0 Å². The fraction of sp³-hybridized carbons (Fsp3) is 0.0294. The Morgan fingerprint density at radius 3 is 1.95 bits per heavy atom. The Labute approximate surface area is 214 Å². The van der Waals surface area contributed by atoms with Crippen LogP contribution in [0.25, 0.3) is 67.9 Å². The lowest BCUT2D eigenvalue weighted by Crippen LogP contribution is -2.23. The summed E-state index contributed by atoms with van der Waals surface area (Å²) < 4.78 is 0. The van der Waals surface area contributed by atoms with Gasteiger partial charge in [-0.05, 0) is 50.5 Å². The lowest BCUT2D eigenvalue weighted by molar-refractivity contribution is 1.08. The van der Waals surface area contributed by atoms with Crippen LogP contribution < -0.4 is 10.4 Å². The highest BCUT2D eigenvalue weighted by Crippen LogP contribution is 2.32. The van der Waals surface area contributed by atoms with E-state index in [1.807, 2.05) is 60.7 Å². The van der Waals surface area contributed by atoms with Crippen molar-refractivity contribution in [2.45, 2.75) is 6.42 Å². The second kappa shape index (κ2) is 8.96. The van der Waals surface area contributed by atoms with Crippen molar-refractivity contribution in [2.75, 3.05) is 0 Å². The third kappa shape index (κ3) is 3.91. The number of aromatic nitrogens is 3. The van der Waals surface area contributed by atoms with Crippen LogP contribution in [0.2, 0.25) is 0 Å². The van der Waals surface area contributed by atoms with E-state index in [1.54, 1.807) is 0 Å². The molecule has 3 heteroatoms. The van der Waals surface area contributed by atoms with Crippen molar-refractivity contribution in [1.82, 2.24) is 15.0 Å². The van der Waals surface area contributed by atoms with E-state index in [0.717, 1.165) is 28.5 Å². The van der Waals surface area contributed by atoms with Crippen LogP contribution >= 0.6 is 0 Å². The Kier molecular flexibility index (Phi) is 5.18. The van der Waals surface area contributed by atoms with Crippen molar-refractivity contribution < 1.29 is 0 Å². The number of benzene rings is 5. The van der Waals surface area contributed by atoms with E-state index >= 15 is 0 Å². The maximum Gasteiger partial charge on any atom is 0.164 e. The smallest absolute Gasteiger partial charge is 0.164 e. The minimum atomic E-state index is 0.671. The molecule has 1 heterocycles. The van der Waals surface area contributed by atoms with E-state index in [1.165, 1.54) is 26.6 Å². The zero-order valence-corrected chi connectivity index (χ0v) is 20.2. The lowest BCUT2D eigenvalue weighted by atomic mass is 9.96. The van der Waals surface area contributed by atoms with Crippen molar-refractivity contribution >= 4 is 33.7 Å². The van der Waals surface area contributed by atoms with E-state index in [2.05, 4.69) is 66.8 Å². The Hall–Kier alpha value is -4.89. The molecular weight excluding hydrogens is 450 g/mol. The second-order valence-corrected chi connectivity index (χ2v) is 9.24. The van der Waals surface area contributed by atoms with Crippen LogP contribution in [0.3, 0.4) is 0 Å². The molecule has 0 fully saturated rings. The molecule has 1 aromatic heterocycles. The van der Waals surface area contributed by atoms with Crippen LogP contribution in [-0.4, -0.2) is 15.0 Å². The summed E-state index contributed by atoms with van der Waals surface area (Å²) in [7, 11) is 0. The zero-order valence-electron chi connectivity index (χ0n) is 20.2. The van der Waals surface area contributed by atoms with Gasteiger partial charge < -0.3 is 0 Å². The maximum absolute atomic E-state index is 4.97. The summed E-state index contributed by atoms with van der Waals surface area (Å²) in [6, 6.07) is 35.6. The van der Waals surface area contributed by atoms with Gasteiger partial charge in [0.1, 0.15) is 0 Å². The standard InChI is InChI=1S/C34H23N3/c1-4-11-23(12-5-1)32-35-33(24-13-6-2-7-14-24)37-34(36-32)30-18-10-17-28-29(30)20-19-27-21-25-15-8-3-9-16-26(25)22-31(27)28/h1-7,9-22H,8H2. The molecule has 3 nitrogen and oxygen atoms in total. The first-order valence-corrected chi connectivity index (χ1v) is 12.5. The summed E-state index contributed by atoms with van der Waals surface area (Å²) in [6.45, 7) is 0. The van der Waals surface area contributed by atoms with Gasteiger partial charge in [-0.1, -0.05) is 115 Å². The van der Waals surface area contributed by atoms with Gasteiger partial charge in [0.15, 0.2) is 17.5 Å². The highest BCUT2D eigenvalue weighted by molar-refractivity contribution is 6.11. The fourth-order valence-electron chi connectivity index (χ4n) is 5.07. The van der Waals surface area contributed by atoms with E-state index in [9.17, 15) is 0 Å². The molecule has 0 saturated heterocycles. The van der Waals surface area contributed by atoms with Crippen LogP contribution in [0.5, 0.6) is 0 Å². The Balaban J connectivity index is 1.49. The first-order valence-electron chi connectivity index (χ1n) is 12.5. The molecule has 7 rings (SSSR count). The van der Waals surface area contributed by atoms with Crippen LogP contribution in [0.1, 0.15) is 6.42 Å². The number of hydrogen-bond acceptors (Lipinski definition) is 3. The van der Waals surface area contributed by atoms with Crippen molar-refractivity contribution in [3.63, 3.8) is 0 Å². The van der Waals surface area contributed by atoms with Crippen LogP contribution in [0.4, 0.5) is 0 Å². The normalized spacial score (nSPS) is 12.5. The number of fused-ring (bicyclic) bond motifs is 4. The lowest BCUT2D eigenvalue weighted by Gasteiger charge is -2.11. The molecule has 6 aromatic rings. The van der Waals surface area contributed by atoms with Gasteiger partial charge in [-0.15, -0.1) is 0 Å². The maximum atomic E-state index is 4.97. The first-order chi connectivity index (χ1) is 18.3. The van der Waals surface area contributed by atoms with Gasteiger partial charge in [-0.3, -0.25) is 0 Å². The summed E-state index contributed by atoms with van der Waals surface area (Å²) in [5.74, 6) is 2.02. The highest BCUT2D eigenvalue weighted by Gasteiger charge is 2.15. The molecule has 1 aliphatic carbocycles. The largest absolute Gasteiger partial charge is 0.208 e. The summed E-state index contributed by atoms with van der Waals surface area (Å²) in [4.78, 5) is 14.8. The minimum absolute atomic E-state index is 0.671. The third-order valence-electron chi connectivity index (χ3n) is 6.91. The molecule has 0 spiro atoms. The van der Waals surface area contributed by atoms with Gasteiger partial charge in [0.05, 0.1) is 0 Å². The minimum Gasteiger partial charge on any atom is -0.208 e. The van der Waals surface area contributed by atoms with Crippen molar-refractivity contribution in [1.29, 1.82) is 0 Å². The summed E-state index contributed by atoms with van der Waals surface area (Å²) in [5.41, 5.74) is 2.94. The van der Waals surface area contributed by atoms with Crippen LogP contribution in [-0.2, 0) is 0 Å². The van der Waals surface area contributed by atoms with Gasteiger partial charge in [-0.2, -0.15) is 0 Å². The molecule has 0 radical (unpaired) electrons. The van der Waals surface area contributed by atoms with Gasteiger partial charge in [-0.25, -0.2) is 15.0 Å². The molecule has 0 amide bonds. The summed E-state index contributed by atoms with van der Waals surface area (Å²) in [5, 5.41) is 7.33. The molecule has 174 valence electrons. The van der Waals surface area contributed by atoms with E-state index in [-0.39, 0.29) is 0 Å². The number of rotatable bonds is 3. The molecule has 5 aromatic carbocycles. The molecule has 1 aliphatic rings. The predicted octanol–water partition coefficient (Wildman–Crippen LogP) is 6.70. The molecule has 0 aliphatic heterocycles. The van der Waals surface area contributed by atoms with Crippen LogP contribution in [0.15, 0.2) is 115 Å². The molecule has 0 N–H and O–H groups in total. The van der Waals surface area contributed by atoms with Crippen LogP contribution in [0, 0.1) is 0 Å².